The Morgan fingerprint density at radius 2 is 1.89 bits per heavy atom. The zero-order chi connectivity index (χ0) is 19.9. The molecule has 0 aliphatic carbocycles. The topological polar surface area (TPSA) is 89.6 Å². The highest BCUT2D eigenvalue weighted by atomic mass is 32.2. The van der Waals surface area contributed by atoms with Gasteiger partial charge in [-0.15, -0.1) is 0 Å². The van der Waals surface area contributed by atoms with Crippen molar-refractivity contribution in [3.05, 3.63) is 35.5 Å². The summed E-state index contributed by atoms with van der Waals surface area (Å²) in [6.07, 6.45) is 2.90. The predicted octanol–water partition coefficient (Wildman–Crippen LogP) is 1.86. The fraction of sp³-hybridized carbons (Fsp3) is 0.526. The van der Waals surface area contributed by atoms with Crippen LogP contribution in [0.15, 0.2) is 29.4 Å². The smallest absolute Gasteiger partial charge is 0.215 e. The Morgan fingerprint density at radius 1 is 1.19 bits per heavy atom. The summed E-state index contributed by atoms with van der Waals surface area (Å²) >= 11 is 0. The van der Waals surface area contributed by atoms with Gasteiger partial charge in [0.1, 0.15) is 0 Å². The molecule has 0 saturated heterocycles. The van der Waals surface area contributed by atoms with Crippen LogP contribution < -0.4 is 10.6 Å². The molecule has 7 nitrogen and oxygen atoms in total. The molecule has 2 aromatic rings. The monoisotopic (exact) mass is 393 g/mol. The average Bonchev–Trinajstić information content (AvgIpc) is 3.05. The number of rotatable bonds is 9. The van der Waals surface area contributed by atoms with E-state index in [0.717, 1.165) is 11.9 Å². The minimum atomic E-state index is -3.23. The number of aromatic amines is 1. The highest BCUT2D eigenvalue weighted by Crippen LogP contribution is 2.22. The molecule has 0 spiro atoms. The van der Waals surface area contributed by atoms with Gasteiger partial charge >= 0.3 is 0 Å². The van der Waals surface area contributed by atoms with Crippen LogP contribution in [-0.4, -0.2) is 62.6 Å². The van der Waals surface area contributed by atoms with Crippen molar-refractivity contribution in [3.63, 3.8) is 0 Å². The summed E-state index contributed by atoms with van der Waals surface area (Å²) < 4.78 is 25.9. The Balaban J connectivity index is 1.84. The number of guanidine groups is 1. The third kappa shape index (κ3) is 5.46. The molecular formula is C19H31N5O2S. The Kier molecular flexibility index (Phi) is 7.67. The standard InChI is InChI=1S/C19H31N5O2S/c1-5-24(6-2)27(25,26)13-12-22-19(20-4)21-11-10-16-14-23-17-9-7-8-15(3)18(16)17/h7-9,14,23H,5-6,10-13H2,1-4H3,(H2,20,21,22). The summed E-state index contributed by atoms with van der Waals surface area (Å²) in [6.45, 7) is 7.84. The molecule has 0 bridgehead atoms. The van der Waals surface area contributed by atoms with Crippen molar-refractivity contribution in [2.75, 3.05) is 39.0 Å². The van der Waals surface area contributed by atoms with E-state index in [9.17, 15) is 8.42 Å². The van der Waals surface area contributed by atoms with Crippen LogP contribution >= 0.6 is 0 Å². The highest BCUT2D eigenvalue weighted by molar-refractivity contribution is 7.89. The fourth-order valence-electron chi connectivity index (χ4n) is 3.23. The number of aromatic nitrogens is 1. The van der Waals surface area contributed by atoms with E-state index in [1.54, 1.807) is 7.05 Å². The van der Waals surface area contributed by atoms with Gasteiger partial charge in [0.2, 0.25) is 10.0 Å². The number of benzene rings is 1. The summed E-state index contributed by atoms with van der Waals surface area (Å²) in [4.78, 5) is 7.48. The Bertz CT molecular complexity index is 869. The Hall–Kier alpha value is -2.06. The van der Waals surface area contributed by atoms with Crippen LogP contribution in [0.4, 0.5) is 0 Å². The van der Waals surface area contributed by atoms with Crippen LogP contribution in [-0.2, 0) is 16.4 Å². The molecule has 0 radical (unpaired) electrons. The van der Waals surface area contributed by atoms with Gasteiger partial charge in [0, 0.05) is 50.3 Å². The van der Waals surface area contributed by atoms with E-state index in [1.165, 1.54) is 20.8 Å². The van der Waals surface area contributed by atoms with Crippen molar-refractivity contribution in [1.82, 2.24) is 19.9 Å². The van der Waals surface area contributed by atoms with Gasteiger partial charge in [-0.25, -0.2) is 12.7 Å². The quantitative estimate of drug-likeness (QED) is 0.448. The third-order valence-corrected chi connectivity index (χ3v) is 6.68. The number of nitrogens with one attached hydrogen (secondary N) is 3. The van der Waals surface area contributed by atoms with Crippen LogP contribution in [0.3, 0.4) is 0 Å². The maximum absolute atomic E-state index is 12.2. The van der Waals surface area contributed by atoms with E-state index in [1.807, 2.05) is 26.1 Å². The molecule has 150 valence electrons. The molecule has 27 heavy (non-hydrogen) atoms. The Labute approximate surface area is 162 Å². The number of H-pyrrole nitrogens is 1. The minimum Gasteiger partial charge on any atom is -0.361 e. The lowest BCUT2D eigenvalue weighted by Crippen LogP contribution is -2.42. The number of hydrogen-bond donors (Lipinski definition) is 3. The van der Waals surface area contributed by atoms with Crippen LogP contribution in [0.2, 0.25) is 0 Å². The van der Waals surface area contributed by atoms with E-state index in [4.69, 9.17) is 0 Å². The number of aliphatic imine (C=N–C) groups is 1. The van der Waals surface area contributed by atoms with Gasteiger partial charge in [-0.3, -0.25) is 4.99 Å². The molecule has 0 atom stereocenters. The first-order valence-electron chi connectivity index (χ1n) is 9.40. The maximum atomic E-state index is 12.2. The molecule has 3 N–H and O–H groups in total. The highest BCUT2D eigenvalue weighted by Gasteiger charge is 2.18. The minimum absolute atomic E-state index is 0.0526. The zero-order valence-corrected chi connectivity index (χ0v) is 17.5. The van der Waals surface area contributed by atoms with Crippen LogP contribution in [0, 0.1) is 6.92 Å². The number of nitrogens with zero attached hydrogens (tertiary/aromatic N) is 2. The summed E-state index contributed by atoms with van der Waals surface area (Å²) in [6, 6.07) is 6.24. The third-order valence-electron chi connectivity index (χ3n) is 4.66. The second-order valence-electron chi connectivity index (χ2n) is 6.39. The Morgan fingerprint density at radius 3 is 2.56 bits per heavy atom. The van der Waals surface area contributed by atoms with Crippen molar-refractivity contribution in [2.24, 2.45) is 4.99 Å². The number of hydrogen-bond acceptors (Lipinski definition) is 3. The zero-order valence-electron chi connectivity index (χ0n) is 16.7. The second-order valence-corrected chi connectivity index (χ2v) is 8.48. The maximum Gasteiger partial charge on any atom is 0.215 e. The van der Waals surface area contributed by atoms with Gasteiger partial charge in [0.15, 0.2) is 5.96 Å². The predicted molar refractivity (Wildman–Crippen MR) is 113 cm³/mol. The van der Waals surface area contributed by atoms with E-state index < -0.39 is 10.0 Å². The van der Waals surface area contributed by atoms with Crippen molar-refractivity contribution >= 4 is 26.9 Å². The van der Waals surface area contributed by atoms with Gasteiger partial charge in [-0.1, -0.05) is 26.0 Å². The first-order chi connectivity index (χ1) is 12.9. The van der Waals surface area contributed by atoms with E-state index in [0.29, 0.717) is 32.1 Å². The molecule has 0 aliphatic rings. The molecule has 0 aliphatic heterocycles. The van der Waals surface area contributed by atoms with Gasteiger partial charge in [0.25, 0.3) is 0 Å². The lowest BCUT2D eigenvalue weighted by atomic mass is 10.1. The van der Waals surface area contributed by atoms with Crippen LogP contribution in [0.5, 0.6) is 0 Å². The van der Waals surface area contributed by atoms with E-state index in [2.05, 4.69) is 39.7 Å². The largest absolute Gasteiger partial charge is 0.361 e. The van der Waals surface area contributed by atoms with Gasteiger partial charge in [-0.2, -0.15) is 0 Å². The molecule has 2 rings (SSSR count). The van der Waals surface area contributed by atoms with Crippen molar-refractivity contribution < 1.29 is 8.42 Å². The lowest BCUT2D eigenvalue weighted by Gasteiger charge is -2.19. The van der Waals surface area contributed by atoms with Crippen LogP contribution in [0.25, 0.3) is 10.9 Å². The fourth-order valence-corrected chi connectivity index (χ4v) is 4.63. The first-order valence-corrected chi connectivity index (χ1v) is 11.0. The van der Waals surface area contributed by atoms with Crippen molar-refractivity contribution in [3.8, 4) is 0 Å². The average molecular weight is 394 g/mol. The molecule has 0 amide bonds. The first kappa shape index (κ1) is 21.2. The lowest BCUT2D eigenvalue weighted by molar-refractivity contribution is 0.445. The molecule has 0 saturated carbocycles. The number of fused-ring (bicyclic) bond motifs is 1. The van der Waals surface area contributed by atoms with E-state index in [-0.39, 0.29) is 5.75 Å². The summed E-state index contributed by atoms with van der Waals surface area (Å²) in [5.74, 6) is 0.665. The molecule has 1 aromatic heterocycles. The van der Waals surface area contributed by atoms with Gasteiger partial charge in [-0.05, 0) is 30.5 Å². The molecule has 0 unspecified atom stereocenters. The summed E-state index contributed by atoms with van der Waals surface area (Å²) in [7, 11) is -1.54. The summed E-state index contributed by atoms with van der Waals surface area (Å²) in [5.41, 5.74) is 3.66. The molecule has 1 heterocycles. The molecule has 8 heteroatoms. The molecule has 0 fully saturated rings. The van der Waals surface area contributed by atoms with Crippen molar-refractivity contribution in [1.29, 1.82) is 0 Å². The summed E-state index contributed by atoms with van der Waals surface area (Å²) in [5, 5.41) is 7.61. The van der Waals surface area contributed by atoms with Gasteiger partial charge in [0.05, 0.1) is 5.75 Å². The van der Waals surface area contributed by atoms with E-state index >= 15 is 0 Å². The number of sulfonamides is 1. The second kappa shape index (κ2) is 9.75. The molecule has 1 aromatic carbocycles. The molecular weight excluding hydrogens is 362 g/mol. The van der Waals surface area contributed by atoms with Crippen molar-refractivity contribution in [2.45, 2.75) is 27.2 Å². The van der Waals surface area contributed by atoms with Crippen LogP contribution in [0.1, 0.15) is 25.0 Å². The van der Waals surface area contributed by atoms with Gasteiger partial charge < -0.3 is 15.6 Å². The normalized spacial score (nSPS) is 12.7. The SMILES string of the molecule is CCN(CC)S(=O)(=O)CCNC(=NC)NCCc1c[nH]c2cccc(C)c12. The number of aryl methyl sites for hydroxylation is 1.